The van der Waals surface area contributed by atoms with Gasteiger partial charge in [-0.05, 0) is 63.1 Å². The number of sulfonamides is 1. The summed E-state index contributed by atoms with van der Waals surface area (Å²) < 4.78 is 36.1. The smallest absolute Gasteiger partial charge is 0.277 e. The highest BCUT2D eigenvalue weighted by Crippen LogP contribution is 2.37. The van der Waals surface area contributed by atoms with E-state index in [0.29, 0.717) is 53.9 Å². The van der Waals surface area contributed by atoms with E-state index in [4.69, 9.17) is 9.72 Å². The second-order valence-electron chi connectivity index (χ2n) is 10.3. The van der Waals surface area contributed by atoms with Crippen LogP contribution in [-0.2, 0) is 23.5 Å². The fourth-order valence-corrected chi connectivity index (χ4v) is 7.12. The lowest BCUT2D eigenvalue weighted by molar-refractivity contribution is -0.0675. The van der Waals surface area contributed by atoms with Crippen LogP contribution in [0.1, 0.15) is 51.6 Å². The molecule has 1 aliphatic rings. The minimum Gasteiger partial charge on any atom is -0.493 e. The highest BCUT2D eigenvalue weighted by molar-refractivity contribution is 7.89. The summed E-state index contributed by atoms with van der Waals surface area (Å²) >= 11 is 0. The second kappa shape index (κ2) is 12.4. The van der Waals surface area contributed by atoms with Crippen LogP contribution in [0.25, 0.3) is 22.4 Å². The van der Waals surface area contributed by atoms with Gasteiger partial charge in [-0.3, -0.25) is 9.48 Å². The molecule has 3 heterocycles. The number of ether oxygens (including phenoxy) is 1. The minimum atomic E-state index is -3.92. The predicted octanol–water partition coefficient (Wildman–Crippen LogP) is 1.57. The van der Waals surface area contributed by atoms with E-state index >= 15 is 0 Å². The van der Waals surface area contributed by atoms with E-state index in [1.165, 1.54) is 21.1 Å². The van der Waals surface area contributed by atoms with Gasteiger partial charge in [0.15, 0.2) is 5.52 Å². The van der Waals surface area contributed by atoms with Gasteiger partial charge in [0, 0.05) is 33.4 Å². The van der Waals surface area contributed by atoms with Crippen molar-refractivity contribution in [3.63, 3.8) is 0 Å². The first-order chi connectivity index (χ1) is 19.1. The Morgan fingerprint density at radius 2 is 1.82 bits per heavy atom. The topological polar surface area (TPSA) is 171 Å². The quantitative estimate of drug-likeness (QED) is 0.249. The number of aromatic amines is 1. The number of H-pyrrole nitrogens is 1. The SMILES string of the molecule is CCCc1nn(C)c2c(=O)[nH]c(-c3cc(S(=O)(=O)N4CCC(C(O)(CCO)CCO)CC4)ccc3OCC)nc12. The van der Waals surface area contributed by atoms with Gasteiger partial charge in [0.25, 0.3) is 5.56 Å². The van der Waals surface area contributed by atoms with Crippen molar-refractivity contribution in [2.24, 2.45) is 13.0 Å². The lowest BCUT2D eigenvalue weighted by Crippen LogP contribution is -2.47. The van der Waals surface area contributed by atoms with Crippen molar-refractivity contribution in [3.05, 3.63) is 34.2 Å². The minimum absolute atomic E-state index is 0.0353. The highest BCUT2D eigenvalue weighted by Gasteiger charge is 2.40. The molecule has 0 radical (unpaired) electrons. The van der Waals surface area contributed by atoms with E-state index in [2.05, 4.69) is 10.1 Å². The van der Waals surface area contributed by atoms with E-state index in [9.17, 15) is 28.5 Å². The average molecular weight is 578 g/mol. The maximum absolute atomic E-state index is 13.7. The number of aryl methyl sites for hydroxylation is 2. The number of nitrogens with one attached hydrogen (secondary N) is 1. The molecule has 0 amide bonds. The summed E-state index contributed by atoms with van der Waals surface area (Å²) in [5.74, 6) is 0.341. The molecule has 4 rings (SSSR count). The van der Waals surface area contributed by atoms with Gasteiger partial charge < -0.3 is 25.0 Å². The van der Waals surface area contributed by atoms with Gasteiger partial charge >= 0.3 is 0 Å². The zero-order valence-corrected chi connectivity index (χ0v) is 24.1. The van der Waals surface area contributed by atoms with Crippen molar-refractivity contribution in [1.82, 2.24) is 24.1 Å². The maximum atomic E-state index is 13.7. The van der Waals surface area contributed by atoms with E-state index in [-0.39, 0.29) is 61.3 Å². The molecular formula is C27H39N5O7S. The number of aromatic nitrogens is 4. The Morgan fingerprint density at radius 1 is 1.15 bits per heavy atom. The number of aliphatic hydroxyl groups is 3. The summed E-state index contributed by atoms with van der Waals surface area (Å²) in [6.45, 7) is 4.09. The van der Waals surface area contributed by atoms with Gasteiger partial charge in [-0.25, -0.2) is 13.4 Å². The Bertz CT molecular complexity index is 1490. The summed E-state index contributed by atoms with van der Waals surface area (Å²) in [7, 11) is -2.23. The third kappa shape index (κ3) is 5.79. The summed E-state index contributed by atoms with van der Waals surface area (Å²) in [5.41, 5.74) is 0.236. The second-order valence-corrected chi connectivity index (χ2v) is 12.2. The molecule has 4 N–H and O–H groups in total. The molecule has 0 saturated carbocycles. The first kappa shape index (κ1) is 30.1. The molecule has 2 aromatic heterocycles. The first-order valence-electron chi connectivity index (χ1n) is 13.8. The largest absolute Gasteiger partial charge is 0.493 e. The lowest BCUT2D eigenvalue weighted by Gasteiger charge is -2.41. The molecule has 0 aliphatic carbocycles. The number of piperidine rings is 1. The van der Waals surface area contributed by atoms with Gasteiger partial charge in [0.1, 0.15) is 17.1 Å². The van der Waals surface area contributed by atoms with Crippen molar-refractivity contribution in [2.75, 3.05) is 32.9 Å². The normalized spacial score (nSPS) is 15.7. The number of fused-ring (bicyclic) bond motifs is 1. The fraction of sp³-hybridized carbons (Fsp3) is 0.593. The molecule has 1 saturated heterocycles. The fourth-order valence-electron chi connectivity index (χ4n) is 5.62. The van der Waals surface area contributed by atoms with Crippen molar-refractivity contribution in [3.8, 4) is 17.1 Å². The molecule has 0 unspecified atom stereocenters. The molecule has 1 fully saturated rings. The average Bonchev–Trinajstić information content (AvgIpc) is 3.24. The number of hydrogen-bond acceptors (Lipinski definition) is 9. The standard InChI is InChI=1S/C27H39N5O7S/c1-4-6-21-23-24(31(3)30-21)26(35)29-25(28-23)20-17-19(7-8-22(20)39-5-2)40(37,38)32-13-9-18(10-14-32)27(36,11-15-33)12-16-34/h7-8,17-18,33-34,36H,4-6,9-16H2,1-3H3,(H,28,29,35). The zero-order valence-electron chi connectivity index (χ0n) is 23.3. The molecule has 1 aliphatic heterocycles. The number of hydrogen-bond donors (Lipinski definition) is 4. The van der Waals surface area contributed by atoms with Gasteiger partial charge in [0.2, 0.25) is 10.0 Å². The molecule has 13 heteroatoms. The summed E-state index contributed by atoms with van der Waals surface area (Å²) in [5, 5.41) is 34.2. The molecule has 0 atom stereocenters. The third-order valence-electron chi connectivity index (χ3n) is 7.70. The Labute approximate surface area is 233 Å². The summed E-state index contributed by atoms with van der Waals surface area (Å²) in [4.78, 5) is 20.6. The first-order valence-corrected chi connectivity index (χ1v) is 15.2. The number of nitrogens with zero attached hydrogens (tertiary/aromatic N) is 4. The maximum Gasteiger partial charge on any atom is 0.277 e. The Balaban J connectivity index is 1.69. The van der Waals surface area contributed by atoms with Gasteiger partial charge in [0.05, 0.1) is 28.4 Å². The summed E-state index contributed by atoms with van der Waals surface area (Å²) in [6, 6.07) is 4.52. The monoisotopic (exact) mass is 577 g/mol. The summed E-state index contributed by atoms with van der Waals surface area (Å²) in [6.07, 6.45) is 2.50. The van der Waals surface area contributed by atoms with E-state index in [0.717, 1.165) is 6.42 Å². The molecule has 0 spiro atoms. The molecule has 1 aromatic carbocycles. The molecule has 220 valence electrons. The van der Waals surface area contributed by atoms with Crippen LogP contribution in [0.2, 0.25) is 0 Å². The van der Waals surface area contributed by atoms with E-state index in [1.54, 1.807) is 13.1 Å². The van der Waals surface area contributed by atoms with Gasteiger partial charge in [-0.15, -0.1) is 0 Å². The van der Waals surface area contributed by atoms with Crippen LogP contribution in [0, 0.1) is 5.92 Å². The van der Waals surface area contributed by atoms with Crippen molar-refractivity contribution >= 4 is 21.1 Å². The van der Waals surface area contributed by atoms with Crippen molar-refractivity contribution < 1.29 is 28.5 Å². The lowest BCUT2D eigenvalue weighted by atomic mass is 9.77. The highest BCUT2D eigenvalue weighted by atomic mass is 32.2. The molecule has 3 aromatic rings. The number of aliphatic hydroxyl groups excluding tert-OH is 2. The van der Waals surface area contributed by atoms with Crippen molar-refractivity contribution in [1.29, 1.82) is 0 Å². The van der Waals surface area contributed by atoms with Crippen molar-refractivity contribution in [2.45, 2.75) is 62.9 Å². The molecule has 40 heavy (non-hydrogen) atoms. The van der Waals surface area contributed by atoms with E-state index in [1.807, 2.05) is 13.8 Å². The molecular weight excluding hydrogens is 538 g/mol. The van der Waals surface area contributed by atoms with Gasteiger partial charge in [-0.2, -0.15) is 9.40 Å². The van der Waals surface area contributed by atoms with Crippen LogP contribution >= 0.6 is 0 Å². The van der Waals surface area contributed by atoms with Crippen LogP contribution in [-0.4, -0.2) is 86.3 Å². The molecule has 0 bridgehead atoms. The third-order valence-corrected chi connectivity index (χ3v) is 9.59. The number of rotatable bonds is 12. The van der Waals surface area contributed by atoms with Gasteiger partial charge in [-0.1, -0.05) is 13.3 Å². The van der Waals surface area contributed by atoms with Crippen LogP contribution in [0.5, 0.6) is 5.75 Å². The zero-order chi connectivity index (χ0) is 29.1. The van der Waals surface area contributed by atoms with Crippen LogP contribution in [0.4, 0.5) is 0 Å². The van der Waals surface area contributed by atoms with E-state index < -0.39 is 15.6 Å². The van der Waals surface area contributed by atoms with Crippen LogP contribution in [0.3, 0.4) is 0 Å². The Hall–Kier alpha value is -2.84. The Kier molecular flexibility index (Phi) is 9.30. The van der Waals surface area contributed by atoms with Crippen LogP contribution < -0.4 is 10.3 Å². The van der Waals surface area contributed by atoms with Crippen LogP contribution in [0.15, 0.2) is 27.9 Å². The predicted molar refractivity (Wildman–Crippen MR) is 150 cm³/mol. The molecule has 12 nitrogen and oxygen atoms in total. The number of benzene rings is 1. The Morgan fingerprint density at radius 3 is 2.42 bits per heavy atom.